The number of fused-ring (bicyclic) bond motifs is 3. The number of thiophene rings is 1. The van der Waals surface area contributed by atoms with E-state index in [-0.39, 0.29) is 21.7 Å². The zero-order chi connectivity index (χ0) is 31.0. The highest BCUT2D eigenvalue weighted by molar-refractivity contribution is 7.26. The molecule has 0 radical (unpaired) electrons. The first kappa shape index (κ1) is 30.6. The van der Waals surface area contributed by atoms with E-state index in [4.69, 9.17) is 0 Å². The summed E-state index contributed by atoms with van der Waals surface area (Å²) in [6.07, 6.45) is 0. The maximum Gasteiger partial charge on any atom is 0.0361 e. The second kappa shape index (κ2) is 10.1. The van der Waals surface area contributed by atoms with Crippen LogP contribution in [0, 0.1) is 6.92 Å². The van der Waals surface area contributed by atoms with Crippen molar-refractivity contribution in [3.63, 3.8) is 0 Å². The van der Waals surface area contributed by atoms with E-state index in [1.165, 1.54) is 70.2 Å². The third kappa shape index (κ3) is 5.70. The number of hydrogen-bond donors (Lipinski definition) is 0. The van der Waals surface area contributed by atoms with Crippen LogP contribution in [-0.4, -0.2) is 0 Å². The van der Waals surface area contributed by atoms with E-state index < -0.39 is 0 Å². The number of hydrogen-bond acceptors (Lipinski definition) is 1. The maximum atomic E-state index is 2.44. The third-order valence-corrected chi connectivity index (χ3v) is 10.00. The lowest BCUT2D eigenvalue weighted by molar-refractivity contribution is 0.568. The molecule has 4 aromatic carbocycles. The first-order valence-corrected chi connectivity index (χ1v) is 16.3. The minimum atomic E-state index is 0.0759. The van der Waals surface area contributed by atoms with Crippen LogP contribution in [0.1, 0.15) is 111 Å². The van der Waals surface area contributed by atoms with Crippen molar-refractivity contribution in [1.82, 2.24) is 0 Å². The highest BCUT2D eigenvalue weighted by Crippen LogP contribution is 2.46. The van der Waals surface area contributed by atoms with Gasteiger partial charge in [0.1, 0.15) is 0 Å². The zero-order valence-electron chi connectivity index (χ0n) is 28.3. The van der Waals surface area contributed by atoms with E-state index in [0.717, 1.165) is 0 Å². The first-order valence-electron chi connectivity index (χ1n) is 15.5. The Morgan fingerprint density at radius 2 is 0.833 bits per heavy atom. The van der Waals surface area contributed by atoms with Crippen molar-refractivity contribution in [3.8, 4) is 22.3 Å². The Hall–Kier alpha value is -2.90. The van der Waals surface area contributed by atoms with Gasteiger partial charge >= 0.3 is 0 Å². The van der Waals surface area contributed by atoms with E-state index in [1.54, 1.807) is 0 Å². The van der Waals surface area contributed by atoms with Gasteiger partial charge in [-0.25, -0.2) is 0 Å². The van der Waals surface area contributed by atoms with Crippen LogP contribution in [-0.2, 0) is 21.7 Å². The smallest absolute Gasteiger partial charge is 0.0361 e. The predicted octanol–water partition coefficient (Wildman–Crippen LogP) is 12.9. The first-order chi connectivity index (χ1) is 19.2. The van der Waals surface area contributed by atoms with Crippen LogP contribution in [0.25, 0.3) is 42.4 Å². The molecule has 42 heavy (non-hydrogen) atoms. The van der Waals surface area contributed by atoms with Gasteiger partial charge in [-0.1, -0.05) is 138 Å². The summed E-state index contributed by atoms with van der Waals surface area (Å²) in [5.41, 5.74) is 12.6. The molecule has 0 aliphatic rings. The van der Waals surface area contributed by atoms with Crippen molar-refractivity contribution in [2.45, 2.75) is 112 Å². The van der Waals surface area contributed by atoms with Gasteiger partial charge in [-0.3, -0.25) is 0 Å². The summed E-state index contributed by atoms with van der Waals surface area (Å²) in [5.74, 6) is 0. The molecular formula is C41H50S. The van der Waals surface area contributed by atoms with Crippen LogP contribution in [0.5, 0.6) is 0 Å². The molecule has 0 bridgehead atoms. The molecule has 1 heterocycles. The zero-order valence-corrected chi connectivity index (χ0v) is 29.1. The van der Waals surface area contributed by atoms with Crippen molar-refractivity contribution >= 4 is 31.5 Å². The Bertz CT molecular complexity index is 1730. The van der Waals surface area contributed by atoms with Gasteiger partial charge in [-0.05, 0) is 90.8 Å². The molecule has 5 aromatic rings. The summed E-state index contributed by atoms with van der Waals surface area (Å²) in [7, 11) is 0. The highest BCUT2D eigenvalue weighted by atomic mass is 32.1. The van der Waals surface area contributed by atoms with Crippen LogP contribution in [0.3, 0.4) is 0 Å². The van der Waals surface area contributed by atoms with E-state index in [9.17, 15) is 0 Å². The summed E-state index contributed by atoms with van der Waals surface area (Å²) in [6, 6.07) is 26.2. The molecular weight excluding hydrogens is 525 g/mol. The number of aryl methyl sites for hydroxylation is 1. The Morgan fingerprint density at radius 1 is 0.429 bits per heavy atom. The van der Waals surface area contributed by atoms with Gasteiger partial charge in [0, 0.05) is 20.2 Å². The normalized spacial score (nSPS) is 13.4. The van der Waals surface area contributed by atoms with Crippen molar-refractivity contribution in [3.05, 3.63) is 94.5 Å². The molecule has 0 unspecified atom stereocenters. The second-order valence-electron chi connectivity index (χ2n) is 16.5. The van der Waals surface area contributed by atoms with Crippen LogP contribution >= 0.6 is 11.3 Å². The van der Waals surface area contributed by atoms with E-state index in [2.05, 4.69) is 157 Å². The van der Waals surface area contributed by atoms with E-state index in [1.807, 2.05) is 11.3 Å². The van der Waals surface area contributed by atoms with Gasteiger partial charge in [0.2, 0.25) is 0 Å². The fourth-order valence-electron chi connectivity index (χ4n) is 5.93. The lowest BCUT2D eigenvalue weighted by Crippen LogP contribution is -2.16. The molecule has 220 valence electrons. The molecule has 0 spiro atoms. The van der Waals surface area contributed by atoms with Crippen molar-refractivity contribution < 1.29 is 0 Å². The molecule has 0 nitrogen and oxygen atoms in total. The topological polar surface area (TPSA) is 0 Å². The molecule has 0 amide bonds. The Labute approximate surface area is 259 Å². The standard InChI is InChI=1S/C41H50S/c1-25-32(26-19-28(38(2,3)4)23-29(20-26)39(5,6)7)17-18-35-36(25)37-33(15-14-16-34(37)42-35)27-21-30(40(8,9)10)24-31(22-27)41(11,12)13/h14-24H,1-13H3. The Morgan fingerprint density at radius 3 is 1.26 bits per heavy atom. The molecule has 0 saturated heterocycles. The van der Waals surface area contributed by atoms with Crippen LogP contribution < -0.4 is 0 Å². The Kier molecular flexibility index (Phi) is 7.34. The molecule has 1 heteroatoms. The fourth-order valence-corrected chi connectivity index (χ4v) is 7.12. The van der Waals surface area contributed by atoms with Crippen molar-refractivity contribution in [1.29, 1.82) is 0 Å². The summed E-state index contributed by atoms with van der Waals surface area (Å²) in [5, 5.41) is 2.80. The monoisotopic (exact) mass is 574 g/mol. The molecule has 0 aliphatic carbocycles. The van der Waals surface area contributed by atoms with E-state index >= 15 is 0 Å². The number of rotatable bonds is 2. The molecule has 5 rings (SSSR count). The second-order valence-corrected chi connectivity index (χ2v) is 17.6. The molecule has 0 atom stereocenters. The minimum absolute atomic E-state index is 0.0759. The van der Waals surface area contributed by atoms with Crippen LogP contribution in [0.4, 0.5) is 0 Å². The minimum Gasteiger partial charge on any atom is -0.135 e. The SMILES string of the molecule is Cc1c(-c2cc(C(C)(C)C)cc(C(C)(C)C)c2)ccc2sc3cccc(-c4cc(C(C)(C)C)cc(C(C)(C)C)c4)c3c12. The van der Waals surface area contributed by atoms with Crippen molar-refractivity contribution in [2.24, 2.45) is 0 Å². The largest absolute Gasteiger partial charge is 0.135 e. The fraction of sp³-hybridized carbons (Fsp3) is 0.415. The molecule has 0 fully saturated rings. The average molecular weight is 575 g/mol. The lowest BCUT2D eigenvalue weighted by atomic mass is 9.78. The molecule has 1 aromatic heterocycles. The van der Waals surface area contributed by atoms with Gasteiger partial charge in [0.25, 0.3) is 0 Å². The molecule has 0 aliphatic heterocycles. The molecule has 0 N–H and O–H groups in total. The lowest BCUT2D eigenvalue weighted by Gasteiger charge is -2.27. The van der Waals surface area contributed by atoms with Crippen LogP contribution in [0.15, 0.2) is 66.7 Å². The summed E-state index contributed by atoms with van der Waals surface area (Å²) < 4.78 is 2.73. The third-order valence-electron chi connectivity index (χ3n) is 8.88. The average Bonchev–Trinajstić information content (AvgIpc) is 3.26. The predicted molar refractivity (Wildman–Crippen MR) is 190 cm³/mol. The van der Waals surface area contributed by atoms with Gasteiger partial charge < -0.3 is 0 Å². The maximum absolute atomic E-state index is 2.44. The molecule has 0 saturated carbocycles. The van der Waals surface area contributed by atoms with Gasteiger partial charge in [0.05, 0.1) is 0 Å². The quantitative estimate of drug-likeness (QED) is 0.197. The van der Waals surface area contributed by atoms with Gasteiger partial charge in [-0.15, -0.1) is 11.3 Å². The highest BCUT2D eigenvalue weighted by Gasteiger charge is 2.24. The number of benzene rings is 4. The summed E-state index contributed by atoms with van der Waals surface area (Å²) >= 11 is 1.92. The van der Waals surface area contributed by atoms with Crippen LogP contribution in [0.2, 0.25) is 0 Å². The summed E-state index contributed by atoms with van der Waals surface area (Å²) in [6.45, 7) is 30.2. The van der Waals surface area contributed by atoms with Gasteiger partial charge in [-0.2, -0.15) is 0 Å². The summed E-state index contributed by atoms with van der Waals surface area (Å²) in [4.78, 5) is 0. The van der Waals surface area contributed by atoms with Gasteiger partial charge in [0.15, 0.2) is 0 Å². The van der Waals surface area contributed by atoms with E-state index in [0.29, 0.717) is 0 Å². The van der Waals surface area contributed by atoms with Crippen molar-refractivity contribution in [2.75, 3.05) is 0 Å². The Balaban J connectivity index is 1.83.